The van der Waals surface area contributed by atoms with Crippen LogP contribution in [0.15, 0.2) is 0 Å². The van der Waals surface area contributed by atoms with E-state index in [4.69, 9.17) is 59.4 Å². The first kappa shape index (κ1) is 49.6. The van der Waals surface area contributed by atoms with Crippen LogP contribution in [-0.2, 0) is 28.8 Å². The van der Waals surface area contributed by atoms with E-state index in [1.807, 2.05) is 0 Å². The van der Waals surface area contributed by atoms with Gasteiger partial charge in [0.2, 0.25) is 0 Å². The second-order valence-electron chi connectivity index (χ2n) is 2.95. The van der Waals surface area contributed by atoms with Crippen molar-refractivity contribution in [2.75, 3.05) is 0 Å². The average Bonchev–Trinajstić information content (AvgIpc) is 2.08. The number of rotatable bonds is 0. The molecule has 2 N–H and O–H groups in total. The molecule has 150 valence electrons. The summed E-state index contributed by atoms with van der Waals surface area (Å²) in [5.74, 6) is -6.50. The monoisotopic (exact) mass is 610 g/mol. The van der Waals surface area contributed by atoms with Crippen molar-refractivity contribution in [3.8, 4) is 0 Å². The van der Waals surface area contributed by atoms with Gasteiger partial charge in [0.05, 0.1) is 0 Å². The molecule has 0 aliphatic rings. The first-order valence-corrected chi connectivity index (χ1v) is 5.45. The predicted octanol–water partition coefficient (Wildman–Crippen LogP) is -8.29. The summed E-state index contributed by atoms with van der Waals surface area (Å²) in [5, 5.41) is 53.3. The van der Waals surface area contributed by atoms with Gasteiger partial charge in [0.15, 0.2) is 0 Å². The molecule has 26 heavy (non-hydrogen) atoms. The molecule has 0 aromatic rings. The van der Waals surface area contributed by atoms with Crippen molar-refractivity contribution >= 4 is 35.8 Å². The third-order valence-electron chi connectivity index (χ3n) is 0. The van der Waals surface area contributed by atoms with Gasteiger partial charge in [0.1, 0.15) is 0 Å². The van der Waals surface area contributed by atoms with Crippen molar-refractivity contribution in [1.82, 2.24) is 0 Å². The summed E-state index contributed by atoms with van der Waals surface area (Å²) >= 11 is 0. The maximum Gasteiger partial charge on any atom is 6.00 e. The zero-order valence-corrected chi connectivity index (χ0v) is 19.1. The molecule has 0 saturated heterocycles. The fourth-order valence-corrected chi connectivity index (χ4v) is 0. The summed E-state index contributed by atoms with van der Waals surface area (Å²) < 4.78 is 0. The second-order valence-corrected chi connectivity index (χ2v) is 2.95. The normalized spacial score (nSPS) is 5.77. The second kappa shape index (κ2) is 43.4. The van der Waals surface area contributed by atoms with Crippen LogP contribution in [-0.4, -0.2) is 41.3 Å². The molecule has 0 aliphatic carbocycles. The van der Waals surface area contributed by atoms with E-state index >= 15 is 0 Å². The first-order chi connectivity index (χ1) is 10.4. The number of carbonyl (C=O) groups excluding carboxylic acids is 6. The van der Waals surface area contributed by atoms with Gasteiger partial charge in [0.25, 0.3) is 0 Å². The summed E-state index contributed by atoms with van der Waals surface area (Å²) in [5.41, 5.74) is 0. The molecule has 0 heterocycles. The van der Waals surface area contributed by atoms with Crippen LogP contribution in [0.1, 0.15) is 41.5 Å². The Kier molecular flexibility index (Phi) is 82.8. The van der Waals surface area contributed by atoms with Gasteiger partial charge in [-0.1, -0.05) is 0 Å². The predicted molar refractivity (Wildman–Crippen MR) is 67.7 cm³/mol. The minimum Gasteiger partial charge on any atom is -0.550 e. The molecule has 14 heteroatoms. The number of carboxylic acids is 6. The maximum atomic E-state index is 8.89. The maximum absolute atomic E-state index is 8.89. The fourth-order valence-electron chi connectivity index (χ4n) is 0. The van der Waals surface area contributed by atoms with Gasteiger partial charge in [-0.05, 0) is 41.5 Å². The van der Waals surface area contributed by atoms with Gasteiger partial charge < -0.3 is 64.9 Å². The molecular weight excluding hydrogens is 590 g/mol. The van der Waals surface area contributed by atoms with Crippen LogP contribution in [0.3, 0.4) is 0 Å². The molecule has 0 spiro atoms. The van der Waals surface area contributed by atoms with Gasteiger partial charge in [0, 0.05) is 35.8 Å². The molecule has 0 radical (unpaired) electrons. The van der Waals surface area contributed by atoms with Gasteiger partial charge in [-0.3, -0.25) is 0 Å². The molecule has 0 amide bonds. The topological polar surface area (TPSA) is 272 Å². The van der Waals surface area contributed by atoms with Crippen molar-refractivity contribution in [2.24, 2.45) is 0 Å². The molecule has 0 saturated carbocycles. The standard InChI is InChI=1S/6C2H4O2.H2O.U/c6*1-2(3)4;;/h6*1H3,(H,3,4);1H2;/q;;;;;;;+6/p-6. The van der Waals surface area contributed by atoms with Crippen LogP contribution in [0.4, 0.5) is 0 Å². The summed E-state index contributed by atoms with van der Waals surface area (Å²) in [7, 11) is 0. The van der Waals surface area contributed by atoms with Crippen molar-refractivity contribution in [3.63, 3.8) is 0 Å². The Morgan fingerprint density at radius 3 is 0.385 bits per heavy atom. The van der Waals surface area contributed by atoms with Gasteiger partial charge >= 0.3 is 31.1 Å². The van der Waals surface area contributed by atoms with Crippen LogP contribution < -0.4 is 30.6 Å². The van der Waals surface area contributed by atoms with Crippen LogP contribution >= 0.6 is 0 Å². The van der Waals surface area contributed by atoms with Crippen LogP contribution in [0.25, 0.3) is 0 Å². The number of hydrogen-bond acceptors (Lipinski definition) is 12. The Balaban J connectivity index is -0.0000000245. The van der Waals surface area contributed by atoms with Crippen molar-refractivity contribution in [1.29, 1.82) is 0 Å². The van der Waals surface area contributed by atoms with E-state index in [1.54, 1.807) is 0 Å². The summed E-state index contributed by atoms with van der Waals surface area (Å²) in [6.45, 7) is 5.83. The molecule has 0 atom stereocenters. The number of carbonyl (C=O) groups is 6. The summed E-state index contributed by atoms with van der Waals surface area (Å²) in [6.07, 6.45) is 0. The van der Waals surface area contributed by atoms with E-state index in [9.17, 15) is 0 Å². The molecule has 0 rings (SSSR count). The SMILES string of the molecule is CC(=O)[O-].CC(=O)[O-].CC(=O)[O-].CC(=O)[O-].CC(=O)[O-].CC(=O)[O-].O.[U+6]. The molecule has 0 aliphatic heterocycles. The third kappa shape index (κ3) is 2020. The van der Waals surface area contributed by atoms with Crippen molar-refractivity contribution in [2.45, 2.75) is 41.5 Å². The van der Waals surface area contributed by atoms with E-state index in [2.05, 4.69) is 0 Å². The van der Waals surface area contributed by atoms with Gasteiger partial charge in [-0.15, -0.1) is 0 Å². The van der Waals surface area contributed by atoms with Crippen LogP contribution in [0.2, 0.25) is 0 Å². The van der Waals surface area contributed by atoms with Crippen molar-refractivity contribution < 1.29 is 96.0 Å². The molecule has 0 aromatic carbocycles. The molecule has 0 fully saturated rings. The summed E-state index contributed by atoms with van der Waals surface area (Å²) in [4.78, 5) is 53.3. The minimum absolute atomic E-state index is 0. The number of hydrogen-bond donors (Lipinski definition) is 0. The molecular formula is C12H20O13U. The van der Waals surface area contributed by atoms with Crippen LogP contribution in [0.5, 0.6) is 0 Å². The minimum atomic E-state index is -1.08. The Morgan fingerprint density at radius 1 is 0.385 bits per heavy atom. The Hall–Kier alpha value is -2.17. The third-order valence-corrected chi connectivity index (χ3v) is 0. The summed E-state index contributed by atoms with van der Waals surface area (Å²) in [6, 6.07) is 0. The van der Waals surface area contributed by atoms with Gasteiger partial charge in [-0.25, -0.2) is 0 Å². The smallest absolute Gasteiger partial charge is 0.550 e. The van der Waals surface area contributed by atoms with E-state index in [1.165, 1.54) is 0 Å². The largest absolute Gasteiger partial charge is 6.00 e. The van der Waals surface area contributed by atoms with Gasteiger partial charge in [-0.2, -0.15) is 0 Å². The van der Waals surface area contributed by atoms with E-state index in [-0.39, 0.29) is 36.6 Å². The zero-order chi connectivity index (χ0) is 21.5. The van der Waals surface area contributed by atoms with Crippen LogP contribution in [0, 0.1) is 31.1 Å². The van der Waals surface area contributed by atoms with Crippen molar-refractivity contribution in [3.05, 3.63) is 0 Å². The van der Waals surface area contributed by atoms with E-state index in [0.717, 1.165) is 41.5 Å². The van der Waals surface area contributed by atoms with E-state index < -0.39 is 35.8 Å². The number of aliphatic carboxylic acids is 6. The average molecular weight is 610 g/mol. The molecule has 0 bridgehead atoms. The fraction of sp³-hybridized carbons (Fsp3) is 0.500. The quantitative estimate of drug-likeness (QED) is 0.247. The molecule has 13 nitrogen and oxygen atoms in total. The first-order valence-electron chi connectivity index (χ1n) is 5.45. The molecule has 0 aromatic heterocycles. The Bertz CT molecular complexity index is 262. The zero-order valence-electron chi connectivity index (χ0n) is 14.9. The Morgan fingerprint density at radius 2 is 0.385 bits per heavy atom. The van der Waals surface area contributed by atoms with E-state index in [0.29, 0.717) is 0 Å². The molecule has 0 unspecified atom stereocenters. The Labute approximate surface area is 173 Å². The number of carboxylic acid groups (broad SMARTS) is 6.